The Morgan fingerprint density at radius 2 is 1.15 bits per heavy atom. The smallest absolute Gasteiger partial charge is 0.408 e. The first kappa shape index (κ1) is 35.9. The molecule has 0 aliphatic heterocycles. The van der Waals surface area contributed by atoms with E-state index in [4.69, 9.17) is 23.7 Å². The molecule has 2 atom stereocenters. The second-order valence-electron chi connectivity index (χ2n) is 13.4. The highest BCUT2D eigenvalue weighted by Gasteiger charge is 2.32. The van der Waals surface area contributed by atoms with Crippen molar-refractivity contribution in [1.82, 2.24) is 10.6 Å². The topological polar surface area (TPSA) is 138 Å². The number of ether oxygens (including phenoxy) is 5. The number of rotatable bonds is 12. The fraction of sp³-hybridized carbons (Fsp3) is 0.405. The molecule has 256 valence electrons. The number of hydrogen-bond acceptors (Lipinski definition) is 9. The highest BCUT2D eigenvalue weighted by atomic mass is 16.6. The minimum Gasteiger partial charge on any atom is -0.461 e. The van der Waals surface area contributed by atoms with Crippen molar-refractivity contribution in [2.45, 2.75) is 77.4 Å². The molecule has 0 unspecified atom stereocenters. The minimum absolute atomic E-state index is 0.0386. The zero-order valence-corrected chi connectivity index (χ0v) is 28.2. The summed E-state index contributed by atoms with van der Waals surface area (Å²) in [5, 5.41) is 4.96. The normalized spacial score (nSPS) is 13.7. The fourth-order valence-electron chi connectivity index (χ4n) is 5.00. The summed E-state index contributed by atoms with van der Waals surface area (Å²) >= 11 is 0. The zero-order chi connectivity index (χ0) is 34.9. The Balaban J connectivity index is 1.41. The van der Waals surface area contributed by atoms with Crippen LogP contribution in [0.25, 0.3) is 11.1 Å². The molecule has 0 spiro atoms. The molecule has 1 aliphatic carbocycles. The van der Waals surface area contributed by atoms with E-state index in [2.05, 4.69) is 10.6 Å². The molecule has 0 fully saturated rings. The van der Waals surface area contributed by atoms with Gasteiger partial charge in [0.15, 0.2) is 12.1 Å². The predicted molar refractivity (Wildman–Crippen MR) is 178 cm³/mol. The van der Waals surface area contributed by atoms with Gasteiger partial charge in [-0.1, -0.05) is 78.9 Å². The second-order valence-corrected chi connectivity index (χ2v) is 13.4. The third kappa shape index (κ3) is 10.6. The molecule has 0 radical (unpaired) electrons. The highest BCUT2D eigenvalue weighted by Crippen LogP contribution is 2.44. The second kappa shape index (κ2) is 15.8. The van der Waals surface area contributed by atoms with Crippen LogP contribution < -0.4 is 10.6 Å². The van der Waals surface area contributed by atoms with Crippen LogP contribution in [0.3, 0.4) is 0 Å². The number of carbonyl (C=O) groups excluding carboxylic acids is 4. The quantitative estimate of drug-likeness (QED) is 0.180. The van der Waals surface area contributed by atoms with Crippen molar-refractivity contribution in [2.24, 2.45) is 0 Å². The summed E-state index contributed by atoms with van der Waals surface area (Å²) in [6, 6.07) is 22.2. The molecule has 2 N–H and O–H groups in total. The molecular weight excluding hydrogens is 616 g/mol. The standard InChI is InChI=1S/C37H44N2O9/c1-36(2,3)47-23-31(38-34(42)46-21-29-27-18-12-10-16-25(27)26-17-11-13-19-28(26)29)33(41)45-22-30(39-35(43)48-37(4,5)6)32(40)44-20-24-14-8-7-9-15-24/h7-19,29-31H,20-23H2,1-6H3,(H,38,42)(H,39,43)/t30-,31+/m0/s1. The van der Waals surface area contributed by atoms with Gasteiger partial charge in [0.25, 0.3) is 0 Å². The Morgan fingerprint density at radius 3 is 1.73 bits per heavy atom. The maximum Gasteiger partial charge on any atom is 0.408 e. The van der Waals surface area contributed by atoms with Gasteiger partial charge in [-0.3, -0.25) is 0 Å². The van der Waals surface area contributed by atoms with Gasteiger partial charge in [0.05, 0.1) is 12.2 Å². The molecule has 48 heavy (non-hydrogen) atoms. The van der Waals surface area contributed by atoms with Crippen molar-refractivity contribution < 1.29 is 42.9 Å². The van der Waals surface area contributed by atoms with Crippen molar-refractivity contribution in [3.05, 3.63) is 95.6 Å². The summed E-state index contributed by atoms with van der Waals surface area (Å²) in [5.41, 5.74) is 3.48. The van der Waals surface area contributed by atoms with E-state index in [0.717, 1.165) is 27.8 Å². The Labute approximate surface area is 281 Å². The van der Waals surface area contributed by atoms with E-state index >= 15 is 0 Å². The summed E-state index contributed by atoms with van der Waals surface area (Å²) in [6.07, 6.45) is -1.74. The maximum absolute atomic E-state index is 13.3. The highest BCUT2D eigenvalue weighted by molar-refractivity contribution is 5.84. The van der Waals surface area contributed by atoms with Crippen LogP contribution in [0.1, 0.15) is 64.2 Å². The van der Waals surface area contributed by atoms with Crippen LogP contribution >= 0.6 is 0 Å². The summed E-state index contributed by atoms with van der Waals surface area (Å²) in [4.78, 5) is 52.0. The lowest BCUT2D eigenvalue weighted by Crippen LogP contribution is -2.50. The van der Waals surface area contributed by atoms with Crippen LogP contribution in [0, 0.1) is 0 Å². The van der Waals surface area contributed by atoms with E-state index in [1.165, 1.54) is 0 Å². The van der Waals surface area contributed by atoms with E-state index in [-0.39, 0.29) is 25.7 Å². The first-order chi connectivity index (χ1) is 22.7. The van der Waals surface area contributed by atoms with Crippen molar-refractivity contribution in [3.63, 3.8) is 0 Å². The first-order valence-corrected chi connectivity index (χ1v) is 15.8. The molecule has 3 aromatic rings. The summed E-state index contributed by atoms with van der Waals surface area (Å²) in [6.45, 7) is 9.55. The van der Waals surface area contributed by atoms with Gasteiger partial charge in [-0.25, -0.2) is 19.2 Å². The lowest BCUT2D eigenvalue weighted by atomic mass is 9.98. The Morgan fingerprint density at radius 1 is 0.625 bits per heavy atom. The molecule has 3 aromatic carbocycles. The Bertz CT molecular complexity index is 1530. The van der Waals surface area contributed by atoms with Gasteiger partial charge in [0.2, 0.25) is 0 Å². The molecule has 2 amide bonds. The summed E-state index contributed by atoms with van der Waals surface area (Å²) in [5.74, 6) is -1.93. The average Bonchev–Trinajstić information content (AvgIpc) is 3.35. The van der Waals surface area contributed by atoms with Crippen molar-refractivity contribution >= 4 is 24.1 Å². The summed E-state index contributed by atoms with van der Waals surface area (Å²) < 4.78 is 27.5. The number of hydrogen-bond donors (Lipinski definition) is 2. The molecule has 11 nitrogen and oxygen atoms in total. The monoisotopic (exact) mass is 660 g/mol. The number of benzene rings is 3. The van der Waals surface area contributed by atoms with Crippen LogP contribution in [-0.2, 0) is 39.9 Å². The molecule has 0 bridgehead atoms. The minimum atomic E-state index is -1.40. The van der Waals surface area contributed by atoms with Gasteiger partial charge >= 0.3 is 24.1 Å². The molecule has 0 saturated carbocycles. The van der Waals surface area contributed by atoms with Gasteiger partial charge in [-0.15, -0.1) is 0 Å². The van der Waals surface area contributed by atoms with Crippen LogP contribution in [-0.4, -0.2) is 67.2 Å². The van der Waals surface area contributed by atoms with E-state index in [1.54, 1.807) is 65.8 Å². The van der Waals surface area contributed by atoms with Gasteiger partial charge < -0.3 is 34.3 Å². The van der Waals surface area contributed by atoms with Crippen molar-refractivity contribution in [1.29, 1.82) is 0 Å². The van der Waals surface area contributed by atoms with Crippen LogP contribution in [0.4, 0.5) is 9.59 Å². The fourth-order valence-corrected chi connectivity index (χ4v) is 5.00. The number of fused-ring (bicyclic) bond motifs is 3. The Kier molecular flexibility index (Phi) is 11.8. The molecule has 0 aromatic heterocycles. The molecule has 0 heterocycles. The van der Waals surface area contributed by atoms with Crippen molar-refractivity contribution in [2.75, 3.05) is 19.8 Å². The molecule has 4 rings (SSSR count). The number of carbonyl (C=O) groups is 4. The van der Waals surface area contributed by atoms with Crippen LogP contribution in [0.2, 0.25) is 0 Å². The predicted octanol–water partition coefficient (Wildman–Crippen LogP) is 5.89. The Hall–Kier alpha value is -4.90. The number of alkyl carbamates (subject to hydrolysis) is 2. The lowest BCUT2D eigenvalue weighted by molar-refractivity contribution is -0.155. The molecule has 11 heteroatoms. The van der Waals surface area contributed by atoms with E-state index < -0.39 is 54.0 Å². The van der Waals surface area contributed by atoms with Gasteiger partial charge in [0.1, 0.15) is 25.4 Å². The van der Waals surface area contributed by atoms with Crippen molar-refractivity contribution in [3.8, 4) is 11.1 Å². The first-order valence-electron chi connectivity index (χ1n) is 15.8. The number of amides is 2. The SMILES string of the molecule is CC(C)(C)OC[C@@H](NC(=O)OCC1c2ccccc2-c2ccccc21)C(=O)OC[C@H](NC(=O)OC(C)(C)C)C(=O)OCc1ccccc1. The largest absolute Gasteiger partial charge is 0.461 e. The van der Waals surface area contributed by atoms with Crippen LogP contribution in [0.15, 0.2) is 78.9 Å². The molecular formula is C37H44N2O9. The summed E-state index contributed by atoms with van der Waals surface area (Å²) in [7, 11) is 0. The van der Waals surface area contributed by atoms with Gasteiger partial charge in [0, 0.05) is 5.92 Å². The van der Waals surface area contributed by atoms with Gasteiger partial charge in [-0.2, -0.15) is 0 Å². The van der Waals surface area contributed by atoms with Crippen LogP contribution in [0.5, 0.6) is 0 Å². The van der Waals surface area contributed by atoms with E-state index in [9.17, 15) is 19.2 Å². The average molecular weight is 661 g/mol. The molecule has 1 aliphatic rings. The lowest BCUT2D eigenvalue weighted by Gasteiger charge is -2.25. The maximum atomic E-state index is 13.3. The van der Waals surface area contributed by atoms with E-state index in [0.29, 0.717) is 0 Å². The third-order valence-corrected chi connectivity index (χ3v) is 7.19. The third-order valence-electron chi connectivity index (χ3n) is 7.19. The van der Waals surface area contributed by atoms with E-state index in [1.807, 2.05) is 54.6 Å². The number of esters is 2. The zero-order valence-electron chi connectivity index (χ0n) is 28.2. The van der Waals surface area contributed by atoms with Gasteiger partial charge in [-0.05, 0) is 69.4 Å². The molecule has 0 saturated heterocycles. The number of nitrogens with one attached hydrogen (secondary N) is 2.